The number of nitrogens with one attached hydrogen (secondary N) is 1. The number of hydrogen-bond donors (Lipinski definition) is 2. The van der Waals surface area contributed by atoms with Gasteiger partial charge in [-0.1, -0.05) is 18.2 Å². The Morgan fingerprint density at radius 1 is 1.27 bits per heavy atom. The molecule has 0 saturated carbocycles. The SMILES string of the molecule is CCOc1ccc(-c2[nH]nc3c2[C@@H](c2ccccc2F)C(C#N)=C(N)O3)cc1OC. The van der Waals surface area contributed by atoms with Crippen LogP contribution in [0.3, 0.4) is 0 Å². The third-order valence-electron chi connectivity index (χ3n) is 4.91. The maximum atomic E-state index is 14.7. The Labute approximate surface area is 172 Å². The Balaban J connectivity index is 1.91. The highest BCUT2D eigenvalue weighted by Crippen LogP contribution is 2.47. The summed E-state index contributed by atoms with van der Waals surface area (Å²) >= 11 is 0. The third-order valence-corrected chi connectivity index (χ3v) is 4.91. The first kappa shape index (κ1) is 19.3. The van der Waals surface area contributed by atoms with E-state index in [0.29, 0.717) is 40.5 Å². The second kappa shape index (κ2) is 7.79. The molecule has 1 aliphatic heterocycles. The van der Waals surface area contributed by atoms with Crippen LogP contribution in [0.5, 0.6) is 17.4 Å². The molecule has 1 aromatic heterocycles. The van der Waals surface area contributed by atoms with Crippen LogP contribution in [0, 0.1) is 17.1 Å². The minimum Gasteiger partial charge on any atom is -0.493 e. The molecule has 0 saturated heterocycles. The maximum absolute atomic E-state index is 14.7. The van der Waals surface area contributed by atoms with Crippen molar-refractivity contribution in [2.24, 2.45) is 5.73 Å². The summed E-state index contributed by atoms with van der Waals surface area (Å²) in [5.74, 6) is 0.00934. The second-order valence-corrected chi connectivity index (χ2v) is 6.56. The molecular weight excluding hydrogens is 387 g/mol. The molecule has 8 heteroatoms. The molecule has 1 aliphatic rings. The van der Waals surface area contributed by atoms with Crippen molar-refractivity contribution in [2.45, 2.75) is 12.8 Å². The normalized spacial score (nSPS) is 15.2. The topological polar surface area (TPSA) is 106 Å². The van der Waals surface area contributed by atoms with Crippen LogP contribution in [0.25, 0.3) is 11.3 Å². The number of nitrogens with two attached hydrogens (primary N) is 1. The number of aromatic nitrogens is 2. The zero-order valence-electron chi connectivity index (χ0n) is 16.4. The molecule has 4 rings (SSSR count). The monoisotopic (exact) mass is 406 g/mol. The molecule has 2 heterocycles. The Bertz CT molecular complexity index is 1180. The van der Waals surface area contributed by atoms with Crippen LogP contribution in [-0.4, -0.2) is 23.9 Å². The summed E-state index contributed by atoms with van der Waals surface area (Å²) < 4.78 is 31.3. The van der Waals surface area contributed by atoms with Gasteiger partial charge in [0, 0.05) is 11.1 Å². The van der Waals surface area contributed by atoms with Crippen molar-refractivity contribution in [3.8, 4) is 34.7 Å². The predicted octanol–water partition coefficient (Wildman–Crippen LogP) is 3.84. The quantitative estimate of drug-likeness (QED) is 0.667. The first-order valence-electron chi connectivity index (χ1n) is 9.30. The number of nitrogens with zero attached hydrogens (tertiary/aromatic N) is 2. The van der Waals surface area contributed by atoms with E-state index in [1.165, 1.54) is 6.07 Å². The number of aromatic amines is 1. The molecule has 0 aliphatic carbocycles. The highest BCUT2D eigenvalue weighted by molar-refractivity contribution is 5.73. The minimum absolute atomic E-state index is 0.0967. The summed E-state index contributed by atoms with van der Waals surface area (Å²) in [5, 5.41) is 16.9. The van der Waals surface area contributed by atoms with Gasteiger partial charge in [0.2, 0.25) is 11.8 Å². The number of nitriles is 1. The smallest absolute Gasteiger partial charge is 0.244 e. The summed E-state index contributed by atoms with van der Waals surface area (Å²) in [7, 11) is 1.55. The molecule has 30 heavy (non-hydrogen) atoms. The van der Waals surface area contributed by atoms with Crippen molar-refractivity contribution in [1.82, 2.24) is 10.2 Å². The Kier molecular flexibility index (Phi) is 5.02. The van der Waals surface area contributed by atoms with Crippen molar-refractivity contribution in [3.63, 3.8) is 0 Å². The van der Waals surface area contributed by atoms with Crippen LogP contribution in [0.4, 0.5) is 4.39 Å². The molecule has 3 aromatic rings. The number of fused-ring (bicyclic) bond motifs is 1. The van der Waals surface area contributed by atoms with Crippen LogP contribution in [0.1, 0.15) is 24.0 Å². The van der Waals surface area contributed by atoms with Crippen LogP contribution >= 0.6 is 0 Å². The molecule has 2 aromatic carbocycles. The lowest BCUT2D eigenvalue weighted by atomic mass is 9.82. The molecule has 1 atom stereocenters. The number of halogens is 1. The number of methoxy groups -OCH3 is 1. The van der Waals surface area contributed by atoms with Gasteiger partial charge in [-0.2, -0.15) is 5.26 Å². The fourth-order valence-corrected chi connectivity index (χ4v) is 3.58. The highest BCUT2D eigenvalue weighted by Gasteiger charge is 2.37. The summed E-state index contributed by atoms with van der Waals surface area (Å²) in [6.07, 6.45) is 0. The van der Waals surface area contributed by atoms with Gasteiger partial charge in [0.1, 0.15) is 17.5 Å². The van der Waals surface area contributed by atoms with E-state index < -0.39 is 11.7 Å². The number of rotatable bonds is 5. The van der Waals surface area contributed by atoms with Crippen molar-refractivity contribution < 1.29 is 18.6 Å². The van der Waals surface area contributed by atoms with E-state index in [9.17, 15) is 9.65 Å². The van der Waals surface area contributed by atoms with Crippen molar-refractivity contribution >= 4 is 0 Å². The van der Waals surface area contributed by atoms with Gasteiger partial charge in [-0.25, -0.2) is 4.39 Å². The minimum atomic E-state index is -0.772. The van der Waals surface area contributed by atoms with E-state index in [2.05, 4.69) is 16.3 Å². The standard InChI is InChI=1S/C22H19FN4O3/c1-3-29-16-9-8-12(10-17(16)28-2)20-19-18(13-6-4-5-7-15(13)23)14(11-24)21(25)30-22(19)27-26-20/h4-10,18H,3,25H2,1-2H3,(H,26,27)/t18-/m0/s1. The van der Waals surface area contributed by atoms with E-state index in [1.807, 2.05) is 13.0 Å². The summed E-state index contributed by atoms with van der Waals surface area (Å²) in [4.78, 5) is 0. The zero-order valence-corrected chi connectivity index (χ0v) is 16.4. The molecule has 152 valence electrons. The highest BCUT2D eigenvalue weighted by atomic mass is 19.1. The molecule has 0 radical (unpaired) electrons. The average Bonchev–Trinajstić information content (AvgIpc) is 3.17. The molecule has 3 N–H and O–H groups in total. The largest absolute Gasteiger partial charge is 0.493 e. The number of hydrogen-bond acceptors (Lipinski definition) is 6. The van der Waals surface area contributed by atoms with E-state index >= 15 is 0 Å². The van der Waals surface area contributed by atoms with Crippen molar-refractivity contribution in [1.29, 1.82) is 5.26 Å². The maximum Gasteiger partial charge on any atom is 0.244 e. The molecular formula is C22H19FN4O3. The van der Waals surface area contributed by atoms with Gasteiger partial charge in [0.25, 0.3) is 0 Å². The van der Waals surface area contributed by atoms with Crippen LogP contribution in [-0.2, 0) is 0 Å². The average molecular weight is 406 g/mol. The van der Waals surface area contributed by atoms with Crippen molar-refractivity contribution in [3.05, 3.63) is 70.9 Å². The molecule has 0 fully saturated rings. The number of allylic oxidation sites excluding steroid dienone is 1. The molecule has 0 amide bonds. The summed E-state index contributed by atoms with van der Waals surface area (Å²) in [5.41, 5.74) is 8.19. The van der Waals surface area contributed by atoms with Gasteiger partial charge >= 0.3 is 0 Å². The van der Waals surface area contributed by atoms with Gasteiger partial charge in [-0.05, 0) is 31.2 Å². The van der Waals surface area contributed by atoms with E-state index in [1.54, 1.807) is 37.4 Å². The number of benzene rings is 2. The van der Waals surface area contributed by atoms with Crippen LogP contribution in [0.2, 0.25) is 0 Å². The van der Waals surface area contributed by atoms with Gasteiger partial charge in [0.15, 0.2) is 11.5 Å². The van der Waals surface area contributed by atoms with Crippen LogP contribution in [0.15, 0.2) is 53.9 Å². The summed E-state index contributed by atoms with van der Waals surface area (Å²) in [6.45, 7) is 2.38. The lowest BCUT2D eigenvalue weighted by Gasteiger charge is -2.24. The fourth-order valence-electron chi connectivity index (χ4n) is 3.58. The van der Waals surface area contributed by atoms with Gasteiger partial charge in [0.05, 0.1) is 30.9 Å². The predicted molar refractivity (Wildman–Crippen MR) is 107 cm³/mol. The second-order valence-electron chi connectivity index (χ2n) is 6.56. The van der Waals surface area contributed by atoms with Crippen LogP contribution < -0.4 is 19.9 Å². The molecule has 0 unspecified atom stereocenters. The first-order chi connectivity index (χ1) is 14.6. The molecule has 7 nitrogen and oxygen atoms in total. The van der Waals surface area contributed by atoms with Gasteiger partial charge < -0.3 is 19.9 Å². The summed E-state index contributed by atoms with van der Waals surface area (Å²) in [6, 6.07) is 13.7. The molecule has 0 bridgehead atoms. The van der Waals surface area contributed by atoms with E-state index in [0.717, 1.165) is 0 Å². The van der Waals surface area contributed by atoms with Crippen molar-refractivity contribution in [2.75, 3.05) is 13.7 Å². The Morgan fingerprint density at radius 2 is 2.07 bits per heavy atom. The third kappa shape index (κ3) is 3.10. The Morgan fingerprint density at radius 3 is 2.77 bits per heavy atom. The number of H-pyrrole nitrogens is 1. The number of ether oxygens (including phenoxy) is 3. The van der Waals surface area contributed by atoms with Gasteiger partial charge in [-0.15, -0.1) is 5.10 Å². The van der Waals surface area contributed by atoms with E-state index in [4.69, 9.17) is 19.9 Å². The van der Waals surface area contributed by atoms with E-state index in [-0.39, 0.29) is 17.3 Å². The zero-order chi connectivity index (χ0) is 21.3. The molecule has 0 spiro atoms. The lowest BCUT2D eigenvalue weighted by molar-refractivity contribution is 0.311. The van der Waals surface area contributed by atoms with Gasteiger partial charge in [-0.3, -0.25) is 5.10 Å². The Hall–Kier alpha value is -3.99. The first-order valence-corrected chi connectivity index (χ1v) is 9.30. The fraction of sp³-hybridized carbons (Fsp3) is 0.182. The lowest BCUT2D eigenvalue weighted by Crippen LogP contribution is -2.21.